The molecule has 6 heteroatoms. The van der Waals surface area contributed by atoms with Gasteiger partial charge >= 0.3 is 0 Å². The zero-order valence-corrected chi connectivity index (χ0v) is 34.0. The second-order valence-electron chi connectivity index (χ2n) is 13.9. The second kappa shape index (κ2) is 24.9. The Labute approximate surface area is 312 Å². The lowest BCUT2D eigenvalue weighted by molar-refractivity contribution is 0.103. The third kappa shape index (κ3) is 14.8. The molecule has 0 saturated heterocycles. The summed E-state index contributed by atoms with van der Waals surface area (Å²) in [6.45, 7) is 21.6. The van der Waals surface area contributed by atoms with Gasteiger partial charge in [0.05, 0.1) is 36.1 Å². The number of benzene rings is 2. The molecule has 6 nitrogen and oxygen atoms in total. The SMILES string of the molecule is CCCC(CC)Oc1ccc(OC(CC)CCC)c(C=CC(=O)c2cc(OC(CC)CCC)cc(OC(CC)CCC)c2OC(CC)CCC)c1. The summed E-state index contributed by atoms with van der Waals surface area (Å²) in [6.07, 6.45) is 17.9. The summed E-state index contributed by atoms with van der Waals surface area (Å²) in [7, 11) is 0. The van der Waals surface area contributed by atoms with Gasteiger partial charge in [-0.05, 0) is 101 Å². The van der Waals surface area contributed by atoms with Crippen molar-refractivity contribution in [2.75, 3.05) is 0 Å². The van der Waals surface area contributed by atoms with Gasteiger partial charge in [0.1, 0.15) is 17.2 Å². The van der Waals surface area contributed by atoms with E-state index in [1.54, 1.807) is 6.08 Å². The summed E-state index contributed by atoms with van der Waals surface area (Å²) in [4.78, 5) is 14.5. The minimum absolute atomic E-state index is 0.00620. The first-order chi connectivity index (χ1) is 24.7. The van der Waals surface area contributed by atoms with E-state index < -0.39 is 0 Å². The smallest absolute Gasteiger partial charge is 0.189 e. The maximum Gasteiger partial charge on any atom is 0.189 e. The zero-order chi connectivity index (χ0) is 37.6. The van der Waals surface area contributed by atoms with Gasteiger partial charge in [-0.2, -0.15) is 0 Å². The first-order valence-electron chi connectivity index (χ1n) is 20.6. The molecule has 0 spiro atoms. The van der Waals surface area contributed by atoms with E-state index in [0.717, 1.165) is 113 Å². The van der Waals surface area contributed by atoms with Gasteiger partial charge in [0.15, 0.2) is 17.3 Å². The molecule has 2 rings (SSSR count). The van der Waals surface area contributed by atoms with Crippen LogP contribution in [0.5, 0.6) is 28.7 Å². The second-order valence-corrected chi connectivity index (χ2v) is 13.9. The van der Waals surface area contributed by atoms with Crippen molar-refractivity contribution in [1.82, 2.24) is 0 Å². The van der Waals surface area contributed by atoms with Crippen molar-refractivity contribution in [3.05, 3.63) is 47.5 Å². The Kier molecular flexibility index (Phi) is 21.5. The number of ether oxygens (including phenoxy) is 5. The molecule has 51 heavy (non-hydrogen) atoms. The van der Waals surface area contributed by atoms with Crippen LogP contribution in [0.25, 0.3) is 6.08 Å². The maximum absolute atomic E-state index is 14.5. The Bertz CT molecular complexity index is 1290. The molecule has 5 unspecified atom stereocenters. The van der Waals surface area contributed by atoms with Crippen molar-refractivity contribution in [1.29, 1.82) is 0 Å². The number of carbonyl (C=O) groups excluding carboxylic acids is 1. The predicted molar refractivity (Wildman–Crippen MR) is 214 cm³/mol. The van der Waals surface area contributed by atoms with Crippen molar-refractivity contribution in [2.45, 2.75) is 196 Å². The fourth-order valence-corrected chi connectivity index (χ4v) is 6.38. The van der Waals surface area contributed by atoms with Crippen molar-refractivity contribution >= 4 is 11.9 Å². The zero-order valence-electron chi connectivity index (χ0n) is 34.0. The number of hydrogen-bond acceptors (Lipinski definition) is 6. The Balaban J connectivity index is 2.75. The molecule has 0 saturated carbocycles. The molecule has 0 aromatic heterocycles. The first-order valence-corrected chi connectivity index (χ1v) is 20.6. The number of carbonyl (C=O) groups is 1. The highest BCUT2D eigenvalue weighted by molar-refractivity contribution is 6.09. The van der Waals surface area contributed by atoms with Crippen LogP contribution in [0, 0.1) is 0 Å². The van der Waals surface area contributed by atoms with Gasteiger partial charge in [0.2, 0.25) is 0 Å². The van der Waals surface area contributed by atoms with E-state index in [0.29, 0.717) is 22.8 Å². The highest BCUT2D eigenvalue weighted by atomic mass is 16.5. The van der Waals surface area contributed by atoms with E-state index >= 15 is 0 Å². The fraction of sp³-hybridized carbons (Fsp3) is 0.667. The van der Waals surface area contributed by atoms with E-state index in [2.05, 4.69) is 69.2 Å². The van der Waals surface area contributed by atoms with E-state index in [9.17, 15) is 4.79 Å². The van der Waals surface area contributed by atoms with Crippen LogP contribution >= 0.6 is 0 Å². The summed E-state index contributed by atoms with van der Waals surface area (Å²) >= 11 is 0. The Morgan fingerprint density at radius 3 is 1.41 bits per heavy atom. The highest BCUT2D eigenvalue weighted by Crippen LogP contribution is 2.40. The summed E-state index contributed by atoms with van der Waals surface area (Å²) < 4.78 is 32.9. The lowest BCUT2D eigenvalue weighted by atomic mass is 10.0. The number of allylic oxidation sites excluding steroid dienone is 1. The van der Waals surface area contributed by atoms with Crippen LogP contribution in [0.15, 0.2) is 36.4 Å². The molecular weight excluding hydrogens is 636 g/mol. The molecule has 2 aromatic carbocycles. The van der Waals surface area contributed by atoms with Gasteiger partial charge in [0.25, 0.3) is 0 Å². The van der Waals surface area contributed by atoms with Crippen LogP contribution in [0.2, 0.25) is 0 Å². The van der Waals surface area contributed by atoms with Gasteiger partial charge in [-0.3, -0.25) is 4.79 Å². The number of ketones is 1. The number of hydrogen-bond donors (Lipinski definition) is 0. The van der Waals surface area contributed by atoms with E-state index in [-0.39, 0.29) is 36.3 Å². The molecule has 0 fully saturated rings. The Morgan fingerprint density at radius 2 is 0.941 bits per heavy atom. The molecule has 2 aromatic rings. The third-order valence-corrected chi connectivity index (χ3v) is 9.50. The average Bonchev–Trinajstić information content (AvgIpc) is 3.13. The fourth-order valence-electron chi connectivity index (χ4n) is 6.38. The van der Waals surface area contributed by atoms with Gasteiger partial charge in [-0.25, -0.2) is 0 Å². The summed E-state index contributed by atoms with van der Waals surface area (Å²) in [6, 6.07) is 9.77. The van der Waals surface area contributed by atoms with Crippen molar-refractivity contribution in [2.24, 2.45) is 0 Å². The van der Waals surface area contributed by atoms with E-state index in [1.165, 1.54) is 0 Å². The standard InChI is InChI=1S/C45H72O6/c1-11-21-34(16-6)47-39-27-29-43(49-36(18-8)23-13-3)33(30-39)26-28-42(46)41-31-40(48-35(17-7)22-12-2)32-44(50-37(19-9)24-14-4)45(41)51-38(20-10)25-15-5/h26-32,34-38H,11-25H2,1-10H3. The van der Waals surface area contributed by atoms with E-state index in [4.69, 9.17) is 23.7 Å². The maximum atomic E-state index is 14.5. The molecular formula is C45H72O6. The average molecular weight is 709 g/mol. The molecule has 0 aliphatic heterocycles. The van der Waals surface area contributed by atoms with Gasteiger partial charge < -0.3 is 23.7 Å². The monoisotopic (exact) mass is 709 g/mol. The third-order valence-electron chi connectivity index (χ3n) is 9.50. The van der Waals surface area contributed by atoms with Crippen molar-refractivity contribution in [3.8, 4) is 28.7 Å². The molecule has 0 aliphatic rings. The summed E-state index contributed by atoms with van der Waals surface area (Å²) in [5.74, 6) is 3.07. The van der Waals surface area contributed by atoms with Crippen molar-refractivity contribution < 1.29 is 28.5 Å². The number of rotatable bonds is 28. The molecule has 0 N–H and O–H groups in total. The van der Waals surface area contributed by atoms with Crippen LogP contribution in [-0.4, -0.2) is 36.3 Å². The lowest BCUT2D eigenvalue weighted by Crippen LogP contribution is -2.21. The molecule has 0 amide bonds. The normalized spacial score (nSPS) is 14.5. The molecule has 0 bridgehead atoms. The van der Waals surface area contributed by atoms with Crippen LogP contribution in [0.4, 0.5) is 0 Å². The lowest BCUT2D eigenvalue weighted by Gasteiger charge is -2.26. The van der Waals surface area contributed by atoms with Crippen LogP contribution < -0.4 is 23.7 Å². The minimum Gasteiger partial charge on any atom is -0.490 e. The Morgan fingerprint density at radius 1 is 0.510 bits per heavy atom. The topological polar surface area (TPSA) is 63.2 Å². The largest absolute Gasteiger partial charge is 0.490 e. The van der Waals surface area contributed by atoms with Crippen LogP contribution in [-0.2, 0) is 0 Å². The van der Waals surface area contributed by atoms with Gasteiger partial charge in [-0.15, -0.1) is 0 Å². The summed E-state index contributed by atoms with van der Waals surface area (Å²) in [5.41, 5.74) is 1.26. The molecule has 288 valence electrons. The molecule has 0 radical (unpaired) electrons. The predicted octanol–water partition coefficient (Wildman–Crippen LogP) is 13.4. The molecule has 0 aliphatic carbocycles. The van der Waals surface area contributed by atoms with Gasteiger partial charge in [0, 0.05) is 11.6 Å². The minimum atomic E-state index is -0.172. The van der Waals surface area contributed by atoms with Crippen LogP contribution in [0.1, 0.15) is 181 Å². The van der Waals surface area contributed by atoms with Gasteiger partial charge in [-0.1, -0.05) is 101 Å². The first kappa shape index (κ1) is 44.0. The molecule has 5 atom stereocenters. The van der Waals surface area contributed by atoms with Crippen LogP contribution in [0.3, 0.4) is 0 Å². The quantitative estimate of drug-likeness (QED) is 0.0648. The Hall–Kier alpha value is -3.15. The van der Waals surface area contributed by atoms with Crippen molar-refractivity contribution in [3.63, 3.8) is 0 Å². The summed E-state index contributed by atoms with van der Waals surface area (Å²) in [5, 5.41) is 0. The molecule has 0 heterocycles. The highest BCUT2D eigenvalue weighted by Gasteiger charge is 2.25. The van der Waals surface area contributed by atoms with E-state index in [1.807, 2.05) is 36.4 Å².